The van der Waals surface area contributed by atoms with Gasteiger partial charge in [-0.25, -0.2) is 0 Å². The lowest BCUT2D eigenvalue weighted by atomic mass is 10.0. The zero-order valence-corrected chi connectivity index (χ0v) is 15.2. The quantitative estimate of drug-likeness (QED) is 0.719. The number of nitrogens with one attached hydrogen (secondary N) is 2. The number of hydrogen-bond donors (Lipinski definition) is 2. The van der Waals surface area contributed by atoms with Gasteiger partial charge in [0.15, 0.2) is 0 Å². The Kier molecular flexibility index (Phi) is 4.79. The molecule has 0 aliphatic rings. The van der Waals surface area contributed by atoms with Crippen molar-refractivity contribution in [2.24, 2.45) is 0 Å². The average molecular weight is 336 g/mol. The van der Waals surface area contributed by atoms with Crippen LogP contribution in [0.3, 0.4) is 0 Å². The molecule has 4 nitrogen and oxygen atoms in total. The molecular formula is C21H24N2O2. The van der Waals surface area contributed by atoms with E-state index < -0.39 is 0 Å². The van der Waals surface area contributed by atoms with Crippen molar-refractivity contribution < 1.29 is 9.53 Å². The van der Waals surface area contributed by atoms with Gasteiger partial charge in [-0.05, 0) is 55.2 Å². The van der Waals surface area contributed by atoms with Crippen molar-refractivity contribution in [2.75, 3.05) is 12.4 Å². The predicted octanol–water partition coefficient (Wildman–Crippen LogP) is 4.54. The molecule has 0 saturated heterocycles. The molecule has 0 aliphatic heterocycles. The van der Waals surface area contributed by atoms with Crippen LogP contribution in [0, 0.1) is 13.8 Å². The molecule has 0 aliphatic carbocycles. The Balaban J connectivity index is 1.89. The molecule has 0 spiro atoms. The summed E-state index contributed by atoms with van der Waals surface area (Å²) in [4.78, 5) is 16.0. The standard InChI is InChI=1S/C21H24N2O2/c1-5-15-8-6-7-13(2)21(15)23-20(24)12-17-14(3)22-19-10-9-16(25-4)11-18(17)19/h6-11,22H,5,12H2,1-4H3,(H,23,24). The molecule has 0 bridgehead atoms. The van der Waals surface area contributed by atoms with Gasteiger partial charge < -0.3 is 15.0 Å². The Morgan fingerprint density at radius 3 is 2.72 bits per heavy atom. The van der Waals surface area contributed by atoms with E-state index in [1.807, 2.05) is 44.2 Å². The molecule has 3 aromatic rings. The van der Waals surface area contributed by atoms with Crippen LogP contribution in [0.5, 0.6) is 5.75 Å². The summed E-state index contributed by atoms with van der Waals surface area (Å²) in [5, 5.41) is 4.14. The number of aromatic nitrogens is 1. The predicted molar refractivity (Wildman–Crippen MR) is 102 cm³/mol. The Labute approximate surface area is 148 Å². The number of ether oxygens (including phenoxy) is 1. The summed E-state index contributed by atoms with van der Waals surface area (Å²) in [7, 11) is 1.65. The lowest BCUT2D eigenvalue weighted by Gasteiger charge is -2.13. The van der Waals surface area contributed by atoms with Crippen LogP contribution in [0.4, 0.5) is 5.69 Å². The molecule has 0 saturated carbocycles. The van der Waals surface area contributed by atoms with Gasteiger partial charge in [0.05, 0.1) is 13.5 Å². The fraction of sp³-hybridized carbons (Fsp3) is 0.286. The SMILES string of the molecule is CCc1cccc(C)c1NC(=O)Cc1c(C)[nH]c2ccc(OC)cc12. The van der Waals surface area contributed by atoms with Crippen LogP contribution in [-0.2, 0) is 17.6 Å². The van der Waals surface area contributed by atoms with E-state index in [2.05, 4.69) is 23.3 Å². The van der Waals surface area contributed by atoms with E-state index in [4.69, 9.17) is 4.74 Å². The first-order valence-electron chi connectivity index (χ1n) is 8.57. The lowest BCUT2D eigenvalue weighted by Crippen LogP contribution is -2.16. The van der Waals surface area contributed by atoms with Crippen LogP contribution in [0.15, 0.2) is 36.4 Å². The second kappa shape index (κ2) is 7.01. The van der Waals surface area contributed by atoms with E-state index in [-0.39, 0.29) is 5.91 Å². The van der Waals surface area contributed by atoms with E-state index in [1.54, 1.807) is 7.11 Å². The van der Waals surface area contributed by atoms with Crippen molar-refractivity contribution in [3.05, 3.63) is 58.8 Å². The van der Waals surface area contributed by atoms with E-state index >= 15 is 0 Å². The first-order chi connectivity index (χ1) is 12.0. The number of aryl methyl sites for hydroxylation is 3. The number of rotatable bonds is 5. The summed E-state index contributed by atoms with van der Waals surface area (Å²) >= 11 is 0. The summed E-state index contributed by atoms with van der Waals surface area (Å²) in [6, 6.07) is 12.0. The highest BCUT2D eigenvalue weighted by Gasteiger charge is 2.15. The molecule has 0 radical (unpaired) electrons. The molecule has 3 rings (SSSR count). The van der Waals surface area contributed by atoms with Crippen LogP contribution < -0.4 is 10.1 Å². The Morgan fingerprint density at radius 2 is 2.00 bits per heavy atom. The van der Waals surface area contributed by atoms with Gasteiger partial charge in [-0.2, -0.15) is 0 Å². The number of benzene rings is 2. The molecule has 1 heterocycles. The third-order valence-electron chi connectivity index (χ3n) is 4.67. The largest absolute Gasteiger partial charge is 0.497 e. The number of carbonyl (C=O) groups excluding carboxylic acids is 1. The number of methoxy groups -OCH3 is 1. The third kappa shape index (κ3) is 3.38. The number of aromatic amines is 1. The fourth-order valence-electron chi connectivity index (χ4n) is 3.26. The molecule has 1 aromatic heterocycles. The molecule has 130 valence electrons. The van der Waals surface area contributed by atoms with Gasteiger partial charge in [0, 0.05) is 22.3 Å². The first kappa shape index (κ1) is 17.1. The fourth-order valence-corrected chi connectivity index (χ4v) is 3.26. The molecule has 25 heavy (non-hydrogen) atoms. The Morgan fingerprint density at radius 1 is 1.20 bits per heavy atom. The highest BCUT2D eigenvalue weighted by Crippen LogP contribution is 2.27. The van der Waals surface area contributed by atoms with E-state index in [0.717, 1.165) is 51.1 Å². The summed E-state index contributed by atoms with van der Waals surface area (Å²) in [6.45, 7) is 6.12. The van der Waals surface area contributed by atoms with Gasteiger partial charge in [0.1, 0.15) is 5.75 Å². The summed E-state index contributed by atoms with van der Waals surface area (Å²) in [6.07, 6.45) is 1.22. The maximum absolute atomic E-state index is 12.7. The number of anilines is 1. The van der Waals surface area contributed by atoms with Crippen molar-refractivity contribution in [2.45, 2.75) is 33.6 Å². The van der Waals surface area contributed by atoms with Gasteiger partial charge in [0.2, 0.25) is 5.91 Å². The number of carbonyl (C=O) groups is 1. The molecular weight excluding hydrogens is 312 g/mol. The molecule has 1 amide bonds. The zero-order valence-electron chi connectivity index (χ0n) is 15.2. The highest BCUT2D eigenvalue weighted by atomic mass is 16.5. The van der Waals surface area contributed by atoms with E-state index in [0.29, 0.717) is 6.42 Å². The van der Waals surface area contributed by atoms with Gasteiger partial charge in [-0.15, -0.1) is 0 Å². The second-order valence-electron chi connectivity index (χ2n) is 6.33. The minimum atomic E-state index is -0.00387. The van der Waals surface area contributed by atoms with Crippen LogP contribution in [0.2, 0.25) is 0 Å². The third-order valence-corrected chi connectivity index (χ3v) is 4.67. The molecule has 0 unspecified atom stereocenters. The molecule has 2 N–H and O–H groups in total. The Hall–Kier alpha value is -2.75. The minimum absolute atomic E-state index is 0.00387. The molecule has 2 aromatic carbocycles. The average Bonchev–Trinajstić information content (AvgIpc) is 2.91. The van der Waals surface area contributed by atoms with Crippen molar-refractivity contribution in [3.8, 4) is 5.75 Å². The zero-order chi connectivity index (χ0) is 18.0. The lowest BCUT2D eigenvalue weighted by molar-refractivity contribution is -0.115. The van der Waals surface area contributed by atoms with Crippen LogP contribution in [-0.4, -0.2) is 18.0 Å². The summed E-state index contributed by atoms with van der Waals surface area (Å²) in [5.74, 6) is 0.788. The number of fused-ring (bicyclic) bond motifs is 1. The normalized spacial score (nSPS) is 10.9. The first-order valence-corrected chi connectivity index (χ1v) is 8.57. The van der Waals surface area contributed by atoms with Crippen molar-refractivity contribution in [3.63, 3.8) is 0 Å². The summed E-state index contributed by atoms with van der Waals surface area (Å²) < 4.78 is 5.32. The number of hydrogen-bond acceptors (Lipinski definition) is 2. The van der Waals surface area contributed by atoms with Gasteiger partial charge in [0.25, 0.3) is 0 Å². The second-order valence-corrected chi connectivity index (χ2v) is 6.33. The van der Waals surface area contributed by atoms with Crippen LogP contribution in [0.1, 0.15) is 29.3 Å². The van der Waals surface area contributed by atoms with Crippen molar-refractivity contribution in [1.82, 2.24) is 4.98 Å². The number of H-pyrrole nitrogens is 1. The van der Waals surface area contributed by atoms with E-state index in [1.165, 1.54) is 0 Å². The van der Waals surface area contributed by atoms with Crippen molar-refractivity contribution >= 4 is 22.5 Å². The van der Waals surface area contributed by atoms with Gasteiger partial charge >= 0.3 is 0 Å². The maximum Gasteiger partial charge on any atom is 0.228 e. The van der Waals surface area contributed by atoms with Crippen LogP contribution in [0.25, 0.3) is 10.9 Å². The molecule has 0 fully saturated rings. The van der Waals surface area contributed by atoms with Crippen LogP contribution >= 0.6 is 0 Å². The number of para-hydroxylation sites is 1. The highest BCUT2D eigenvalue weighted by molar-refractivity contribution is 5.97. The maximum atomic E-state index is 12.7. The summed E-state index contributed by atoms with van der Waals surface area (Å²) in [5.41, 5.74) is 6.23. The van der Waals surface area contributed by atoms with Gasteiger partial charge in [-0.1, -0.05) is 25.1 Å². The minimum Gasteiger partial charge on any atom is -0.497 e. The number of amides is 1. The van der Waals surface area contributed by atoms with Gasteiger partial charge in [-0.3, -0.25) is 4.79 Å². The molecule has 0 atom stereocenters. The topological polar surface area (TPSA) is 54.1 Å². The monoisotopic (exact) mass is 336 g/mol. The van der Waals surface area contributed by atoms with Crippen molar-refractivity contribution in [1.29, 1.82) is 0 Å². The Bertz CT molecular complexity index is 925. The van der Waals surface area contributed by atoms with E-state index in [9.17, 15) is 4.79 Å². The molecule has 4 heteroatoms. The smallest absolute Gasteiger partial charge is 0.228 e.